The number of hydrogen-bond donors (Lipinski definition) is 1. The summed E-state index contributed by atoms with van der Waals surface area (Å²) in [4.78, 5) is 0. The Hall–Kier alpha value is -1.06. The molecular weight excluding hydrogens is 226 g/mol. The predicted molar refractivity (Wildman–Crippen MR) is 72.9 cm³/mol. The lowest BCUT2D eigenvalue weighted by atomic mass is 9.75. The summed E-state index contributed by atoms with van der Waals surface area (Å²) in [5, 5.41) is 0. The molecule has 1 aromatic rings. The van der Waals surface area contributed by atoms with Crippen LogP contribution in [0.4, 0.5) is 0 Å². The molecule has 1 atom stereocenters. The largest absolute Gasteiger partial charge is 0.497 e. The van der Waals surface area contributed by atoms with Gasteiger partial charge in [-0.15, -0.1) is 0 Å². The summed E-state index contributed by atoms with van der Waals surface area (Å²) in [6, 6.07) is 8.27. The van der Waals surface area contributed by atoms with E-state index in [1.807, 2.05) is 12.1 Å². The molecule has 0 heterocycles. The normalized spacial score (nSPS) is 19.1. The minimum absolute atomic E-state index is 0.0539. The Labute approximate surface area is 109 Å². The SMILES string of the molecule is COc1cccc(CC(N)CC2(OC)CCC2)c1. The molecule has 1 aliphatic rings. The van der Waals surface area contributed by atoms with Gasteiger partial charge in [-0.25, -0.2) is 0 Å². The molecule has 1 fully saturated rings. The van der Waals surface area contributed by atoms with E-state index in [9.17, 15) is 0 Å². The molecular formula is C15H23NO2. The molecule has 3 heteroatoms. The van der Waals surface area contributed by atoms with Gasteiger partial charge < -0.3 is 15.2 Å². The first-order valence-electron chi connectivity index (χ1n) is 6.61. The molecule has 1 unspecified atom stereocenters. The van der Waals surface area contributed by atoms with Gasteiger partial charge in [0.15, 0.2) is 0 Å². The number of hydrogen-bond acceptors (Lipinski definition) is 3. The lowest BCUT2D eigenvalue weighted by Gasteiger charge is -2.42. The predicted octanol–water partition coefficient (Wildman–Crippen LogP) is 2.52. The van der Waals surface area contributed by atoms with Crippen LogP contribution in [0.15, 0.2) is 24.3 Å². The first-order valence-corrected chi connectivity index (χ1v) is 6.61. The fourth-order valence-electron chi connectivity index (χ4n) is 2.71. The molecule has 3 nitrogen and oxygen atoms in total. The zero-order valence-electron chi connectivity index (χ0n) is 11.3. The summed E-state index contributed by atoms with van der Waals surface area (Å²) in [5.74, 6) is 0.893. The molecule has 1 aromatic carbocycles. The van der Waals surface area contributed by atoms with Gasteiger partial charge in [0.2, 0.25) is 0 Å². The van der Waals surface area contributed by atoms with Gasteiger partial charge in [-0.2, -0.15) is 0 Å². The van der Waals surface area contributed by atoms with Crippen LogP contribution in [0.3, 0.4) is 0 Å². The van der Waals surface area contributed by atoms with Gasteiger partial charge in [0.25, 0.3) is 0 Å². The van der Waals surface area contributed by atoms with Gasteiger partial charge >= 0.3 is 0 Å². The number of rotatable bonds is 6. The van der Waals surface area contributed by atoms with Crippen LogP contribution in [-0.4, -0.2) is 25.9 Å². The Balaban J connectivity index is 1.92. The summed E-state index contributed by atoms with van der Waals surface area (Å²) < 4.78 is 10.8. The van der Waals surface area contributed by atoms with E-state index in [0.717, 1.165) is 31.4 Å². The van der Waals surface area contributed by atoms with Crippen molar-refractivity contribution in [3.63, 3.8) is 0 Å². The van der Waals surface area contributed by atoms with E-state index in [0.29, 0.717) is 0 Å². The molecule has 18 heavy (non-hydrogen) atoms. The summed E-state index contributed by atoms with van der Waals surface area (Å²) in [6.07, 6.45) is 5.38. The maximum Gasteiger partial charge on any atom is 0.119 e. The highest BCUT2D eigenvalue weighted by atomic mass is 16.5. The highest BCUT2D eigenvalue weighted by Gasteiger charge is 2.38. The van der Waals surface area contributed by atoms with Crippen LogP contribution in [-0.2, 0) is 11.2 Å². The van der Waals surface area contributed by atoms with Crippen molar-refractivity contribution < 1.29 is 9.47 Å². The molecule has 100 valence electrons. The van der Waals surface area contributed by atoms with Crippen molar-refractivity contribution in [2.45, 2.75) is 43.7 Å². The Kier molecular flexibility index (Phi) is 4.25. The molecule has 0 amide bonds. The minimum Gasteiger partial charge on any atom is -0.497 e. The van der Waals surface area contributed by atoms with Gasteiger partial charge in [0.1, 0.15) is 5.75 Å². The van der Waals surface area contributed by atoms with E-state index in [1.165, 1.54) is 12.0 Å². The second-order valence-corrected chi connectivity index (χ2v) is 5.26. The Morgan fingerprint density at radius 3 is 2.67 bits per heavy atom. The van der Waals surface area contributed by atoms with Crippen LogP contribution in [0.1, 0.15) is 31.2 Å². The third kappa shape index (κ3) is 3.03. The molecule has 2 N–H and O–H groups in total. The first-order chi connectivity index (χ1) is 8.67. The van der Waals surface area contributed by atoms with Crippen molar-refractivity contribution in [1.82, 2.24) is 0 Å². The second kappa shape index (κ2) is 5.72. The zero-order valence-corrected chi connectivity index (χ0v) is 11.3. The summed E-state index contributed by atoms with van der Waals surface area (Å²) >= 11 is 0. The van der Waals surface area contributed by atoms with Gasteiger partial charge in [-0.3, -0.25) is 0 Å². The van der Waals surface area contributed by atoms with Crippen LogP contribution in [0, 0.1) is 0 Å². The fourth-order valence-corrected chi connectivity index (χ4v) is 2.71. The van der Waals surface area contributed by atoms with Crippen LogP contribution in [0.2, 0.25) is 0 Å². The topological polar surface area (TPSA) is 44.5 Å². The standard InChI is InChI=1S/C15H23NO2/c1-17-14-6-3-5-12(10-14)9-13(16)11-15(18-2)7-4-8-15/h3,5-6,10,13H,4,7-9,11,16H2,1-2H3. The average Bonchev–Trinajstić information content (AvgIpc) is 2.34. The van der Waals surface area contributed by atoms with Crippen molar-refractivity contribution in [2.75, 3.05) is 14.2 Å². The molecule has 0 spiro atoms. The summed E-state index contributed by atoms with van der Waals surface area (Å²) in [6.45, 7) is 0. The van der Waals surface area contributed by atoms with E-state index < -0.39 is 0 Å². The third-order valence-electron chi connectivity index (χ3n) is 3.96. The fraction of sp³-hybridized carbons (Fsp3) is 0.600. The monoisotopic (exact) mass is 249 g/mol. The summed E-state index contributed by atoms with van der Waals surface area (Å²) in [7, 11) is 3.49. The molecule has 0 bridgehead atoms. The maximum absolute atomic E-state index is 6.25. The number of benzene rings is 1. The van der Waals surface area contributed by atoms with E-state index in [1.54, 1.807) is 14.2 Å². The van der Waals surface area contributed by atoms with Crippen LogP contribution in [0.25, 0.3) is 0 Å². The number of ether oxygens (including phenoxy) is 2. The van der Waals surface area contributed by atoms with E-state index in [4.69, 9.17) is 15.2 Å². The van der Waals surface area contributed by atoms with E-state index >= 15 is 0 Å². The zero-order chi connectivity index (χ0) is 13.0. The average molecular weight is 249 g/mol. The quantitative estimate of drug-likeness (QED) is 0.842. The van der Waals surface area contributed by atoms with E-state index in [-0.39, 0.29) is 11.6 Å². The van der Waals surface area contributed by atoms with Gasteiger partial charge in [0.05, 0.1) is 12.7 Å². The molecule has 0 radical (unpaired) electrons. The minimum atomic E-state index is 0.0539. The van der Waals surface area contributed by atoms with Gasteiger partial charge in [-0.05, 0) is 49.8 Å². The van der Waals surface area contributed by atoms with E-state index in [2.05, 4.69) is 12.1 Å². The molecule has 0 saturated heterocycles. The highest BCUT2D eigenvalue weighted by Crippen LogP contribution is 2.38. The third-order valence-corrected chi connectivity index (χ3v) is 3.96. The maximum atomic E-state index is 6.25. The lowest BCUT2D eigenvalue weighted by Crippen LogP contribution is -2.44. The van der Waals surface area contributed by atoms with Crippen LogP contribution in [0.5, 0.6) is 5.75 Å². The van der Waals surface area contributed by atoms with Crippen molar-refractivity contribution >= 4 is 0 Å². The lowest BCUT2D eigenvalue weighted by molar-refractivity contribution is -0.0813. The van der Waals surface area contributed by atoms with Crippen LogP contribution < -0.4 is 10.5 Å². The molecule has 0 aliphatic heterocycles. The summed E-state index contributed by atoms with van der Waals surface area (Å²) in [5.41, 5.74) is 7.53. The van der Waals surface area contributed by atoms with Gasteiger partial charge in [-0.1, -0.05) is 12.1 Å². The number of methoxy groups -OCH3 is 2. The van der Waals surface area contributed by atoms with Crippen molar-refractivity contribution in [2.24, 2.45) is 5.73 Å². The molecule has 1 saturated carbocycles. The van der Waals surface area contributed by atoms with Crippen LogP contribution >= 0.6 is 0 Å². The van der Waals surface area contributed by atoms with Crippen molar-refractivity contribution in [3.05, 3.63) is 29.8 Å². The van der Waals surface area contributed by atoms with Gasteiger partial charge in [0, 0.05) is 13.2 Å². The Morgan fingerprint density at radius 2 is 2.11 bits per heavy atom. The Morgan fingerprint density at radius 1 is 1.33 bits per heavy atom. The smallest absolute Gasteiger partial charge is 0.119 e. The first kappa shape index (κ1) is 13.4. The Bertz CT molecular complexity index is 382. The highest BCUT2D eigenvalue weighted by molar-refractivity contribution is 5.29. The second-order valence-electron chi connectivity index (χ2n) is 5.26. The molecule has 1 aliphatic carbocycles. The number of nitrogens with two attached hydrogens (primary N) is 1. The molecule has 0 aromatic heterocycles. The van der Waals surface area contributed by atoms with Crippen molar-refractivity contribution in [1.29, 1.82) is 0 Å². The molecule has 2 rings (SSSR count). The van der Waals surface area contributed by atoms with Crippen molar-refractivity contribution in [3.8, 4) is 5.75 Å².